The van der Waals surface area contributed by atoms with Crippen molar-refractivity contribution in [3.8, 4) is 0 Å². The van der Waals surface area contributed by atoms with E-state index in [0.29, 0.717) is 6.42 Å². The van der Waals surface area contributed by atoms with Gasteiger partial charge in [-0.3, -0.25) is 4.79 Å². The quantitative estimate of drug-likeness (QED) is 0.759. The number of hydrogen-bond donors (Lipinski definition) is 3. The second-order valence-electron chi connectivity index (χ2n) is 4.57. The minimum absolute atomic E-state index is 0.0527. The molecule has 0 aliphatic carbocycles. The first kappa shape index (κ1) is 15.1. The first-order valence-electron chi connectivity index (χ1n) is 5.88. The molecule has 0 saturated carbocycles. The van der Waals surface area contributed by atoms with Crippen LogP contribution in [0.1, 0.15) is 30.6 Å². The van der Waals surface area contributed by atoms with Crippen LogP contribution in [0.25, 0.3) is 0 Å². The Morgan fingerprint density at radius 1 is 1.47 bits per heavy atom. The molecule has 1 aromatic rings. The van der Waals surface area contributed by atoms with Crippen LogP contribution in [0.2, 0.25) is 0 Å². The van der Waals surface area contributed by atoms with Crippen molar-refractivity contribution in [1.29, 1.82) is 0 Å². The lowest BCUT2D eigenvalue weighted by atomic mass is 9.86. The molecule has 19 heavy (non-hydrogen) atoms. The molecule has 0 radical (unpaired) electrons. The Kier molecular flexibility index (Phi) is 4.61. The van der Waals surface area contributed by atoms with Crippen molar-refractivity contribution < 1.29 is 19.1 Å². The molecule has 0 fully saturated rings. The fourth-order valence-electron chi connectivity index (χ4n) is 1.42. The maximum Gasteiger partial charge on any atom is 0.335 e. The monoisotopic (exact) mass is 268 g/mol. The van der Waals surface area contributed by atoms with Gasteiger partial charge in [0.1, 0.15) is 5.82 Å². The first-order chi connectivity index (χ1) is 8.84. The third-order valence-electron chi connectivity index (χ3n) is 3.24. The topological polar surface area (TPSA) is 92.4 Å². The van der Waals surface area contributed by atoms with Crippen molar-refractivity contribution in [2.24, 2.45) is 11.1 Å². The van der Waals surface area contributed by atoms with Crippen LogP contribution in [0.15, 0.2) is 18.2 Å². The average Bonchev–Trinajstić information content (AvgIpc) is 2.39. The smallest absolute Gasteiger partial charge is 0.335 e. The zero-order chi connectivity index (χ0) is 14.6. The van der Waals surface area contributed by atoms with Crippen LogP contribution in [-0.2, 0) is 4.79 Å². The molecule has 6 heteroatoms. The molecule has 1 aromatic carbocycles. The summed E-state index contributed by atoms with van der Waals surface area (Å²) in [5.74, 6) is -2.40. The van der Waals surface area contributed by atoms with E-state index in [0.717, 1.165) is 6.07 Å². The summed E-state index contributed by atoms with van der Waals surface area (Å²) in [7, 11) is 0. The molecule has 1 atom stereocenters. The number of amides is 1. The number of hydrogen-bond acceptors (Lipinski definition) is 3. The Bertz CT molecular complexity index is 499. The number of nitrogens with two attached hydrogens (primary N) is 1. The molecule has 1 unspecified atom stereocenters. The van der Waals surface area contributed by atoms with Gasteiger partial charge in [0, 0.05) is 6.54 Å². The van der Waals surface area contributed by atoms with Crippen molar-refractivity contribution in [1.82, 2.24) is 0 Å². The highest BCUT2D eigenvalue weighted by Crippen LogP contribution is 2.23. The second-order valence-corrected chi connectivity index (χ2v) is 4.57. The van der Waals surface area contributed by atoms with E-state index in [1.807, 2.05) is 6.92 Å². The molecule has 5 nitrogen and oxygen atoms in total. The number of carbonyl (C=O) groups is 2. The van der Waals surface area contributed by atoms with E-state index in [1.54, 1.807) is 6.92 Å². The van der Waals surface area contributed by atoms with Crippen LogP contribution in [0.5, 0.6) is 0 Å². The molecule has 0 heterocycles. The molecule has 4 N–H and O–H groups in total. The van der Waals surface area contributed by atoms with Crippen LogP contribution < -0.4 is 11.1 Å². The number of aromatic carboxylic acids is 1. The van der Waals surface area contributed by atoms with Gasteiger partial charge in [-0.1, -0.05) is 6.92 Å². The van der Waals surface area contributed by atoms with Crippen molar-refractivity contribution in [2.75, 3.05) is 11.9 Å². The fourth-order valence-corrected chi connectivity index (χ4v) is 1.42. The summed E-state index contributed by atoms with van der Waals surface area (Å²) in [6.07, 6.45) is 0.518. The standard InChI is InChI=1S/C13H17FN2O3/c1-3-13(2,7-15)12(19)16-10-5-4-8(11(17)18)6-9(10)14/h4-6H,3,7,15H2,1-2H3,(H,16,19)(H,17,18). The van der Waals surface area contributed by atoms with Crippen LogP contribution in [0.3, 0.4) is 0 Å². The number of benzene rings is 1. The summed E-state index contributed by atoms with van der Waals surface area (Å²) in [6.45, 7) is 3.65. The Morgan fingerprint density at radius 3 is 2.53 bits per heavy atom. The summed E-state index contributed by atoms with van der Waals surface area (Å²) in [4.78, 5) is 22.7. The average molecular weight is 268 g/mol. The maximum absolute atomic E-state index is 13.7. The van der Waals surface area contributed by atoms with Crippen LogP contribution >= 0.6 is 0 Å². The van der Waals surface area contributed by atoms with Gasteiger partial charge in [0.05, 0.1) is 16.7 Å². The van der Waals surface area contributed by atoms with Crippen molar-refractivity contribution >= 4 is 17.6 Å². The molecular weight excluding hydrogens is 251 g/mol. The third-order valence-corrected chi connectivity index (χ3v) is 3.24. The van der Waals surface area contributed by atoms with Gasteiger partial charge in [-0.25, -0.2) is 9.18 Å². The first-order valence-corrected chi connectivity index (χ1v) is 5.88. The van der Waals surface area contributed by atoms with Gasteiger partial charge < -0.3 is 16.2 Å². The molecular formula is C13H17FN2O3. The minimum atomic E-state index is -1.22. The van der Waals surface area contributed by atoms with Crippen molar-refractivity contribution in [3.63, 3.8) is 0 Å². The van der Waals surface area contributed by atoms with Gasteiger partial charge in [0.2, 0.25) is 5.91 Å². The van der Waals surface area contributed by atoms with E-state index in [1.165, 1.54) is 12.1 Å². The second kappa shape index (κ2) is 5.79. The Labute approximate surface area is 110 Å². The SMILES string of the molecule is CCC(C)(CN)C(=O)Nc1ccc(C(=O)O)cc1F. The van der Waals surface area contributed by atoms with Crippen molar-refractivity contribution in [2.45, 2.75) is 20.3 Å². The van der Waals surface area contributed by atoms with E-state index < -0.39 is 17.2 Å². The largest absolute Gasteiger partial charge is 0.478 e. The van der Waals surface area contributed by atoms with E-state index in [-0.39, 0.29) is 23.7 Å². The maximum atomic E-state index is 13.7. The number of anilines is 1. The molecule has 0 spiro atoms. The molecule has 0 aliphatic heterocycles. The van der Waals surface area contributed by atoms with Gasteiger partial charge in [0.15, 0.2) is 0 Å². The van der Waals surface area contributed by atoms with Gasteiger partial charge in [-0.15, -0.1) is 0 Å². The zero-order valence-corrected chi connectivity index (χ0v) is 10.9. The highest BCUT2D eigenvalue weighted by molar-refractivity contribution is 5.96. The number of carboxylic acids is 1. The minimum Gasteiger partial charge on any atom is -0.478 e. The molecule has 0 aliphatic rings. The summed E-state index contributed by atoms with van der Waals surface area (Å²) < 4.78 is 13.7. The summed E-state index contributed by atoms with van der Waals surface area (Å²) in [6, 6.07) is 3.32. The highest BCUT2D eigenvalue weighted by Gasteiger charge is 2.30. The summed E-state index contributed by atoms with van der Waals surface area (Å²) in [5.41, 5.74) is 4.54. The molecule has 1 rings (SSSR count). The highest BCUT2D eigenvalue weighted by atomic mass is 19.1. The van der Waals surface area contributed by atoms with E-state index in [9.17, 15) is 14.0 Å². The molecule has 0 bridgehead atoms. The number of carbonyl (C=O) groups excluding carboxylic acids is 1. The molecule has 0 saturated heterocycles. The molecule has 104 valence electrons. The number of halogens is 1. The fraction of sp³-hybridized carbons (Fsp3) is 0.385. The predicted octanol–water partition coefficient (Wildman–Crippen LogP) is 1.84. The third kappa shape index (κ3) is 3.29. The predicted molar refractivity (Wildman–Crippen MR) is 69.4 cm³/mol. The number of rotatable bonds is 5. The Morgan fingerprint density at radius 2 is 2.11 bits per heavy atom. The van der Waals surface area contributed by atoms with E-state index in [2.05, 4.69) is 5.32 Å². The van der Waals surface area contributed by atoms with E-state index in [4.69, 9.17) is 10.8 Å². The lowest BCUT2D eigenvalue weighted by Crippen LogP contribution is -2.39. The summed E-state index contributed by atoms with van der Waals surface area (Å²) in [5, 5.41) is 11.1. The normalized spacial score (nSPS) is 13.7. The Hall–Kier alpha value is -1.95. The molecule has 1 amide bonds. The van der Waals surface area contributed by atoms with Gasteiger partial charge >= 0.3 is 5.97 Å². The van der Waals surface area contributed by atoms with Gasteiger partial charge in [0.25, 0.3) is 0 Å². The van der Waals surface area contributed by atoms with Crippen molar-refractivity contribution in [3.05, 3.63) is 29.6 Å². The lowest BCUT2D eigenvalue weighted by Gasteiger charge is -2.25. The van der Waals surface area contributed by atoms with Crippen LogP contribution in [-0.4, -0.2) is 23.5 Å². The van der Waals surface area contributed by atoms with Crippen LogP contribution in [0, 0.1) is 11.2 Å². The number of nitrogens with one attached hydrogen (secondary N) is 1. The van der Waals surface area contributed by atoms with E-state index >= 15 is 0 Å². The zero-order valence-electron chi connectivity index (χ0n) is 10.9. The van der Waals surface area contributed by atoms with Gasteiger partial charge in [-0.05, 0) is 31.5 Å². The Balaban J connectivity index is 2.95. The summed E-state index contributed by atoms with van der Waals surface area (Å²) >= 11 is 0. The lowest BCUT2D eigenvalue weighted by molar-refractivity contribution is -0.124. The van der Waals surface area contributed by atoms with Crippen LogP contribution in [0.4, 0.5) is 10.1 Å². The number of carboxylic acid groups (broad SMARTS) is 1. The van der Waals surface area contributed by atoms with Gasteiger partial charge in [-0.2, -0.15) is 0 Å². The molecule has 0 aromatic heterocycles.